The number of fused-ring (bicyclic) bond motifs is 1. The number of nitrogens with zero attached hydrogens (tertiary/aromatic N) is 3. The summed E-state index contributed by atoms with van der Waals surface area (Å²) in [7, 11) is -2.23. The van der Waals surface area contributed by atoms with Gasteiger partial charge in [-0.2, -0.15) is 0 Å². The molecule has 34 heavy (non-hydrogen) atoms. The van der Waals surface area contributed by atoms with Crippen molar-refractivity contribution < 1.29 is 13.2 Å². The minimum atomic E-state index is -3.83. The van der Waals surface area contributed by atoms with Gasteiger partial charge in [0, 0.05) is 48.5 Å². The lowest BCUT2D eigenvalue weighted by Gasteiger charge is -2.38. The molecule has 174 valence electrons. The lowest BCUT2D eigenvalue weighted by Crippen LogP contribution is -2.47. The highest BCUT2D eigenvalue weighted by Crippen LogP contribution is 2.38. The first-order chi connectivity index (χ1) is 16.5. The fourth-order valence-corrected chi connectivity index (χ4v) is 5.92. The molecule has 0 N–H and O–H groups in total. The summed E-state index contributed by atoms with van der Waals surface area (Å²) >= 11 is 6.00. The molecule has 6 nitrogen and oxygen atoms in total. The Kier molecular flexibility index (Phi) is 6.06. The van der Waals surface area contributed by atoms with Crippen LogP contribution in [0.25, 0.3) is 10.9 Å². The Morgan fingerprint density at radius 1 is 0.882 bits per heavy atom. The van der Waals surface area contributed by atoms with E-state index < -0.39 is 9.84 Å². The van der Waals surface area contributed by atoms with E-state index in [0.717, 1.165) is 29.7 Å². The highest BCUT2D eigenvalue weighted by molar-refractivity contribution is 7.91. The molecule has 1 saturated heterocycles. The van der Waals surface area contributed by atoms with E-state index in [0.29, 0.717) is 29.5 Å². The summed E-state index contributed by atoms with van der Waals surface area (Å²) in [4.78, 5) is 9.31. The number of aromatic nitrogens is 1. The molecule has 0 atom stereocenters. The molecule has 1 aromatic heterocycles. The van der Waals surface area contributed by atoms with Gasteiger partial charge >= 0.3 is 0 Å². The van der Waals surface area contributed by atoms with Crippen LogP contribution in [0.4, 0.5) is 11.4 Å². The van der Waals surface area contributed by atoms with E-state index in [1.165, 1.54) is 18.3 Å². The topological polar surface area (TPSA) is 62.7 Å². The van der Waals surface area contributed by atoms with Gasteiger partial charge in [-0.05, 0) is 54.6 Å². The molecule has 0 amide bonds. The summed E-state index contributed by atoms with van der Waals surface area (Å²) in [6, 6.07) is 22.0. The number of methoxy groups -OCH3 is 1. The van der Waals surface area contributed by atoms with Gasteiger partial charge < -0.3 is 14.5 Å². The van der Waals surface area contributed by atoms with Gasteiger partial charge in [-0.25, -0.2) is 8.42 Å². The summed E-state index contributed by atoms with van der Waals surface area (Å²) < 4.78 is 32.9. The van der Waals surface area contributed by atoms with Crippen LogP contribution in [-0.4, -0.2) is 46.7 Å². The number of ether oxygens (including phenoxy) is 1. The van der Waals surface area contributed by atoms with Crippen LogP contribution in [0.15, 0.2) is 88.8 Å². The Bertz CT molecular complexity index is 1420. The fourth-order valence-electron chi connectivity index (χ4n) is 4.36. The summed E-state index contributed by atoms with van der Waals surface area (Å²) in [5, 5.41) is 1.24. The molecular formula is C26H24ClN3O3S. The second-order valence-electron chi connectivity index (χ2n) is 8.12. The van der Waals surface area contributed by atoms with Crippen LogP contribution in [0, 0.1) is 0 Å². The zero-order chi connectivity index (χ0) is 23.7. The first kappa shape index (κ1) is 22.5. The first-order valence-corrected chi connectivity index (χ1v) is 12.9. The van der Waals surface area contributed by atoms with E-state index in [9.17, 15) is 8.42 Å². The molecule has 5 rings (SSSR count). The summed E-state index contributed by atoms with van der Waals surface area (Å²) in [6.45, 7) is 2.90. The summed E-state index contributed by atoms with van der Waals surface area (Å²) in [5.41, 5.74) is 2.54. The molecule has 0 radical (unpaired) electrons. The maximum absolute atomic E-state index is 13.7. The van der Waals surface area contributed by atoms with Crippen molar-refractivity contribution >= 4 is 43.7 Å². The maximum atomic E-state index is 13.7. The molecule has 0 unspecified atom stereocenters. The molecule has 0 spiro atoms. The minimum absolute atomic E-state index is 0.184. The number of pyridine rings is 1. The minimum Gasteiger partial charge on any atom is -0.497 e. The molecule has 3 aromatic carbocycles. The molecule has 4 aromatic rings. The van der Waals surface area contributed by atoms with E-state index in [1.54, 1.807) is 19.2 Å². The molecule has 1 fully saturated rings. The van der Waals surface area contributed by atoms with Gasteiger partial charge in [0.1, 0.15) is 10.6 Å². The monoisotopic (exact) mass is 493 g/mol. The Balaban J connectivity index is 1.61. The number of sulfone groups is 1. The average molecular weight is 494 g/mol. The van der Waals surface area contributed by atoms with Crippen LogP contribution in [0.5, 0.6) is 5.75 Å². The molecule has 0 bridgehead atoms. The number of rotatable bonds is 5. The average Bonchev–Trinajstić information content (AvgIpc) is 2.88. The molecule has 0 saturated carbocycles. The van der Waals surface area contributed by atoms with Gasteiger partial charge in [-0.15, -0.1) is 0 Å². The van der Waals surface area contributed by atoms with Crippen LogP contribution in [0.1, 0.15) is 0 Å². The van der Waals surface area contributed by atoms with Gasteiger partial charge in [-0.1, -0.05) is 29.8 Å². The Morgan fingerprint density at radius 3 is 2.24 bits per heavy atom. The van der Waals surface area contributed by atoms with Crippen LogP contribution < -0.4 is 14.5 Å². The molecule has 1 aliphatic heterocycles. The molecule has 8 heteroatoms. The van der Waals surface area contributed by atoms with Gasteiger partial charge in [0.25, 0.3) is 0 Å². The SMILES string of the molecule is COc1ccc2ncc(S(=O)(=O)c3ccc(Cl)cc3)c(N3CCN(c4ccccc4)CC3)c2c1. The highest BCUT2D eigenvalue weighted by atomic mass is 35.5. The quantitative estimate of drug-likeness (QED) is 0.387. The fraction of sp³-hybridized carbons (Fsp3) is 0.192. The van der Waals surface area contributed by atoms with E-state index >= 15 is 0 Å². The molecule has 2 heterocycles. The lowest BCUT2D eigenvalue weighted by atomic mass is 10.1. The Labute approximate surface area is 204 Å². The van der Waals surface area contributed by atoms with Crippen molar-refractivity contribution in [1.29, 1.82) is 0 Å². The van der Waals surface area contributed by atoms with Crippen LogP contribution >= 0.6 is 11.6 Å². The summed E-state index contributed by atoms with van der Waals surface area (Å²) in [5.74, 6) is 0.652. The van der Waals surface area contributed by atoms with Gasteiger partial charge in [0.15, 0.2) is 0 Å². The molecular weight excluding hydrogens is 470 g/mol. The zero-order valence-corrected chi connectivity index (χ0v) is 20.3. The maximum Gasteiger partial charge on any atom is 0.210 e. The van der Waals surface area contributed by atoms with E-state index in [4.69, 9.17) is 16.3 Å². The van der Waals surface area contributed by atoms with Crippen LogP contribution in [0.2, 0.25) is 5.02 Å². The largest absolute Gasteiger partial charge is 0.497 e. The van der Waals surface area contributed by atoms with Crippen LogP contribution in [0.3, 0.4) is 0 Å². The Morgan fingerprint density at radius 2 is 1.56 bits per heavy atom. The third kappa shape index (κ3) is 4.17. The van der Waals surface area contributed by atoms with Gasteiger partial charge in [0.2, 0.25) is 9.84 Å². The lowest BCUT2D eigenvalue weighted by molar-refractivity contribution is 0.415. The second kappa shape index (κ2) is 9.16. The zero-order valence-electron chi connectivity index (χ0n) is 18.7. The van der Waals surface area contributed by atoms with Crippen molar-refractivity contribution in [3.8, 4) is 5.75 Å². The first-order valence-electron chi connectivity index (χ1n) is 11.0. The van der Waals surface area contributed by atoms with E-state index in [2.05, 4.69) is 26.9 Å². The number of piperazine rings is 1. The molecule has 0 aliphatic carbocycles. The highest BCUT2D eigenvalue weighted by Gasteiger charge is 2.29. The third-order valence-corrected chi connectivity index (χ3v) is 8.17. The van der Waals surface area contributed by atoms with Gasteiger partial charge in [0.05, 0.1) is 23.2 Å². The van der Waals surface area contributed by atoms with Crippen molar-refractivity contribution in [2.45, 2.75) is 9.79 Å². The summed E-state index contributed by atoms with van der Waals surface area (Å²) in [6.07, 6.45) is 1.47. The second-order valence-corrected chi connectivity index (χ2v) is 10.5. The van der Waals surface area contributed by atoms with Crippen molar-refractivity contribution in [3.05, 3.63) is 84.0 Å². The predicted molar refractivity (Wildman–Crippen MR) is 136 cm³/mol. The van der Waals surface area contributed by atoms with E-state index in [-0.39, 0.29) is 9.79 Å². The van der Waals surface area contributed by atoms with Crippen molar-refractivity contribution in [2.75, 3.05) is 43.1 Å². The number of para-hydroxylation sites is 1. The van der Waals surface area contributed by atoms with Crippen molar-refractivity contribution in [2.24, 2.45) is 0 Å². The number of halogens is 1. The third-order valence-electron chi connectivity index (χ3n) is 6.14. The van der Waals surface area contributed by atoms with Crippen molar-refractivity contribution in [3.63, 3.8) is 0 Å². The van der Waals surface area contributed by atoms with E-state index in [1.807, 2.05) is 36.4 Å². The predicted octanol–water partition coefficient (Wildman–Crippen LogP) is 5.06. The van der Waals surface area contributed by atoms with Gasteiger partial charge in [-0.3, -0.25) is 4.98 Å². The molecule has 1 aliphatic rings. The number of anilines is 2. The van der Waals surface area contributed by atoms with Crippen LogP contribution in [-0.2, 0) is 9.84 Å². The Hall–Kier alpha value is -3.29. The van der Waals surface area contributed by atoms with Crippen molar-refractivity contribution in [1.82, 2.24) is 4.98 Å². The normalized spacial score (nSPS) is 14.4. The number of hydrogen-bond acceptors (Lipinski definition) is 6. The number of benzene rings is 3. The smallest absolute Gasteiger partial charge is 0.210 e. The standard InChI is InChI=1S/C26H24ClN3O3S/c1-33-21-9-12-24-23(17-21)26(30-15-13-29(14-16-30)20-5-3-2-4-6-20)25(18-28-24)34(31,32)22-10-7-19(27)8-11-22/h2-12,17-18H,13-16H2,1H3. The number of hydrogen-bond donors (Lipinski definition) is 0.